The number of anilines is 1. The molecule has 1 amide bonds. The summed E-state index contributed by atoms with van der Waals surface area (Å²) in [7, 11) is 3.47. The van der Waals surface area contributed by atoms with Crippen molar-refractivity contribution in [1.29, 1.82) is 0 Å². The van der Waals surface area contributed by atoms with Crippen LogP contribution in [-0.4, -0.2) is 31.5 Å². The van der Waals surface area contributed by atoms with E-state index < -0.39 is 0 Å². The summed E-state index contributed by atoms with van der Waals surface area (Å²) in [5, 5.41) is 0.582. The molecule has 1 aromatic carbocycles. The minimum atomic E-state index is 0.0904. The largest absolute Gasteiger partial charge is 0.491 e. The summed E-state index contributed by atoms with van der Waals surface area (Å²) < 4.78 is 5.47. The van der Waals surface area contributed by atoms with Crippen LogP contribution in [0.4, 0.5) is 5.69 Å². The van der Waals surface area contributed by atoms with Gasteiger partial charge in [-0.15, -0.1) is 0 Å². The molecular formula is C12H17ClN2O2. The average Bonchev–Trinajstić information content (AvgIpc) is 2.28. The van der Waals surface area contributed by atoms with E-state index in [2.05, 4.69) is 0 Å². The SMILES string of the molecule is CN(C)C(=O)CCCOc1cc(Cl)ccc1N. The lowest BCUT2D eigenvalue weighted by Crippen LogP contribution is -2.21. The molecule has 17 heavy (non-hydrogen) atoms. The number of ether oxygens (including phenoxy) is 1. The summed E-state index contributed by atoms with van der Waals surface area (Å²) in [4.78, 5) is 12.9. The Hall–Kier alpha value is -1.42. The molecular weight excluding hydrogens is 240 g/mol. The first kappa shape index (κ1) is 13.6. The molecule has 0 heterocycles. The Morgan fingerprint density at radius 2 is 2.18 bits per heavy atom. The van der Waals surface area contributed by atoms with Gasteiger partial charge in [0, 0.05) is 31.6 Å². The average molecular weight is 257 g/mol. The van der Waals surface area contributed by atoms with Gasteiger partial charge in [0.15, 0.2) is 0 Å². The number of nitrogen functional groups attached to an aromatic ring is 1. The number of halogens is 1. The maximum Gasteiger partial charge on any atom is 0.222 e. The van der Waals surface area contributed by atoms with Crippen molar-refractivity contribution >= 4 is 23.2 Å². The summed E-state index contributed by atoms with van der Waals surface area (Å²) in [6.45, 7) is 0.449. The highest BCUT2D eigenvalue weighted by Gasteiger charge is 2.05. The van der Waals surface area contributed by atoms with Crippen molar-refractivity contribution in [3.05, 3.63) is 23.2 Å². The van der Waals surface area contributed by atoms with Gasteiger partial charge in [-0.25, -0.2) is 0 Å². The summed E-state index contributed by atoms with van der Waals surface area (Å²) in [5.74, 6) is 0.655. The molecule has 0 saturated heterocycles. The van der Waals surface area contributed by atoms with Gasteiger partial charge >= 0.3 is 0 Å². The van der Waals surface area contributed by atoms with E-state index in [0.29, 0.717) is 35.9 Å². The normalized spacial score (nSPS) is 10.1. The molecule has 0 aliphatic rings. The highest BCUT2D eigenvalue weighted by Crippen LogP contribution is 2.25. The number of nitrogens with zero attached hydrogens (tertiary/aromatic N) is 1. The highest BCUT2D eigenvalue weighted by atomic mass is 35.5. The van der Waals surface area contributed by atoms with Crippen molar-refractivity contribution in [1.82, 2.24) is 4.90 Å². The van der Waals surface area contributed by atoms with Gasteiger partial charge in [0.1, 0.15) is 5.75 Å². The van der Waals surface area contributed by atoms with Crippen molar-refractivity contribution in [3.63, 3.8) is 0 Å². The lowest BCUT2D eigenvalue weighted by atomic mass is 10.3. The van der Waals surface area contributed by atoms with Crippen LogP contribution < -0.4 is 10.5 Å². The smallest absolute Gasteiger partial charge is 0.222 e. The second-order valence-corrected chi connectivity index (χ2v) is 4.36. The molecule has 0 radical (unpaired) electrons. The van der Waals surface area contributed by atoms with E-state index in [4.69, 9.17) is 22.1 Å². The van der Waals surface area contributed by atoms with Crippen molar-refractivity contribution < 1.29 is 9.53 Å². The molecule has 4 nitrogen and oxygen atoms in total. The van der Waals surface area contributed by atoms with Crippen LogP contribution >= 0.6 is 11.6 Å². The van der Waals surface area contributed by atoms with Gasteiger partial charge in [0.25, 0.3) is 0 Å². The van der Waals surface area contributed by atoms with E-state index in [9.17, 15) is 4.79 Å². The number of rotatable bonds is 5. The van der Waals surface area contributed by atoms with Crippen molar-refractivity contribution in [2.75, 3.05) is 26.4 Å². The first-order valence-corrected chi connectivity index (χ1v) is 5.76. The lowest BCUT2D eigenvalue weighted by molar-refractivity contribution is -0.128. The molecule has 0 bridgehead atoms. The molecule has 1 rings (SSSR count). The Kier molecular flexibility index (Phi) is 5.10. The molecule has 2 N–H and O–H groups in total. The first-order chi connectivity index (χ1) is 8.00. The zero-order chi connectivity index (χ0) is 12.8. The number of hydrogen-bond acceptors (Lipinski definition) is 3. The zero-order valence-electron chi connectivity index (χ0n) is 10.1. The van der Waals surface area contributed by atoms with Crippen molar-refractivity contribution in [2.45, 2.75) is 12.8 Å². The maximum absolute atomic E-state index is 11.3. The summed E-state index contributed by atoms with van der Waals surface area (Å²) in [6, 6.07) is 5.08. The Bertz CT molecular complexity index is 394. The first-order valence-electron chi connectivity index (χ1n) is 5.38. The van der Waals surface area contributed by atoms with E-state index >= 15 is 0 Å². The van der Waals surface area contributed by atoms with Gasteiger partial charge < -0.3 is 15.4 Å². The van der Waals surface area contributed by atoms with Gasteiger partial charge in [0.2, 0.25) is 5.91 Å². The molecule has 0 fully saturated rings. The molecule has 0 saturated carbocycles. The molecule has 1 aromatic rings. The second kappa shape index (κ2) is 6.35. The number of nitrogens with two attached hydrogens (primary N) is 1. The Balaban J connectivity index is 2.36. The van der Waals surface area contributed by atoms with Gasteiger partial charge in [-0.3, -0.25) is 4.79 Å². The number of benzene rings is 1. The summed E-state index contributed by atoms with van der Waals surface area (Å²) >= 11 is 5.83. The second-order valence-electron chi connectivity index (χ2n) is 3.92. The van der Waals surface area contributed by atoms with Crippen molar-refractivity contribution in [2.24, 2.45) is 0 Å². The van der Waals surface area contributed by atoms with Crippen LogP contribution in [0.15, 0.2) is 18.2 Å². The van der Waals surface area contributed by atoms with E-state index in [1.165, 1.54) is 0 Å². The Morgan fingerprint density at radius 1 is 1.47 bits per heavy atom. The monoisotopic (exact) mass is 256 g/mol. The number of amides is 1. The van der Waals surface area contributed by atoms with Crippen LogP contribution in [0.3, 0.4) is 0 Å². The number of hydrogen-bond donors (Lipinski definition) is 1. The molecule has 0 aromatic heterocycles. The quantitative estimate of drug-likeness (QED) is 0.649. The fraction of sp³-hybridized carbons (Fsp3) is 0.417. The van der Waals surface area contributed by atoms with Crippen molar-refractivity contribution in [3.8, 4) is 5.75 Å². The van der Waals surface area contributed by atoms with Crippen LogP contribution in [0.1, 0.15) is 12.8 Å². The molecule has 94 valence electrons. The zero-order valence-corrected chi connectivity index (χ0v) is 10.8. The van der Waals surface area contributed by atoms with Crippen LogP contribution in [-0.2, 0) is 4.79 Å². The molecule has 0 aliphatic carbocycles. The van der Waals surface area contributed by atoms with Gasteiger partial charge in [-0.05, 0) is 18.6 Å². The number of carbonyl (C=O) groups excluding carboxylic acids is 1. The Labute approximate surface area is 106 Å². The highest BCUT2D eigenvalue weighted by molar-refractivity contribution is 6.30. The van der Waals surface area contributed by atoms with E-state index in [1.54, 1.807) is 37.2 Å². The lowest BCUT2D eigenvalue weighted by Gasteiger charge is -2.11. The van der Waals surface area contributed by atoms with E-state index in [1.807, 2.05) is 0 Å². The maximum atomic E-state index is 11.3. The van der Waals surface area contributed by atoms with Gasteiger partial charge in [-0.2, -0.15) is 0 Å². The molecule has 0 atom stereocenters. The molecule has 5 heteroatoms. The van der Waals surface area contributed by atoms with E-state index in [-0.39, 0.29) is 5.91 Å². The molecule has 0 aliphatic heterocycles. The minimum absolute atomic E-state index is 0.0904. The third-order valence-electron chi connectivity index (χ3n) is 2.27. The standard InChI is InChI=1S/C12H17ClN2O2/c1-15(2)12(16)4-3-7-17-11-8-9(13)5-6-10(11)14/h5-6,8H,3-4,7,14H2,1-2H3. The van der Waals surface area contributed by atoms with Crippen LogP contribution in [0.25, 0.3) is 0 Å². The molecule has 0 spiro atoms. The third-order valence-corrected chi connectivity index (χ3v) is 2.50. The van der Waals surface area contributed by atoms with Gasteiger partial charge in [-0.1, -0.05) is 11.6 Å². The molecule has 0 unspecified atom stereocenters. The summed E-state index contributed by atoms with van der Waals surface area (Å²) in [5.41, 5.74) is 6.27. The topological polar surface area (TPSA) is 55.6 Å². The number of carbonyl (C=O) groups is 1. The summed E-state index contributed by atoms with van der Waals surface area (Å²) in [6.07, 6.45) is 1.12. The predicted molar refractivity (Wildman–Crippen MR) is 69.3 cm³/mol. The van der Waals surface area contributed by atoms with Crippen LogP contribution in [0, 0.1) is 0 Å². The van der Waals surface area contributed by atoms with E-state index in [0.717, 1.165) is 0 Å². The predicted octanol–water partition coefficient (Wildman–Crippen LogP) is 2.17. The van der Waals surface area contributed by atoms with Gasteiger partial charge in [0.05, 0.1) is 12.3 Å². The third kappa shape index (κ3) is 4.53. The van der Waals surface area contributed by atoms with Crippen LogP contribution in [0.5, 0.6) is 5.75 Å². The fourth-order valence-electron chi connectivity index (χ4n) is 1.26. The Morgan fingerprint density at radius 3 is 2.82 bits per heavy atom. The minimum Gasteiger partial charge on any atom is -0.491 e. The fourth-order valence-corrected chi connectivity index (χ4v) is 1.42. The van der Waals surface area contributed by atoms with Crippen LogP contribution in [0.2, 0.25) is 5.02 Å².